The Morgan fingerprint density at radius 2 is 1.90 bits per heavy atom. The number of carbonyl (C=O) groups is 1. The lowest BCUT2D eigenvalue weighted by molar-refractivity contribution is 0.0528. The number of alkyl carbamates (subject to hydrolysis) is 1. The summed E-state index contributed by atoms with van der Waals surface area (Å²) >= 11 is 0. The highest BCUT2D eigenvalue weighted by atomic mass is 16.6. The summed E-state index contributed by atoms with van der Waals surface area (Å²) in [7, 11) is 0. The summed E-state index contributed by atoms with van der Waals surface area (Å²) in [6.07, 6.45) is 6.05. The zero-order valence-electron chi connectivity index (χ0n) is 13.8. The summed E-state index contributed by atoms with van der Waals surface area (Å²) < 4.78 is 5.20. The summed E-state index contributed by atoms with van der Waals surface area (Å²) in [4.78, 5) is 11.5. The van der Waals surface area contributed by atoms with Crippen LogP contribution in [0.1, 0.15) is 66.7 Å². The number of nitrogens with one attached hydrogen (secondary N) is 2. The lowest BCUT2D eigenvalue weighted by Gasteiger charge is -2.22. The highest BCUT2D eigenvalue weighted by Crippen LogP contribution is 2.33. The first-order valence-corrected chi connectivity index (χ1v) is 7.88. The van der Waals surface area contributed by atoms with Gasteiger partial charge in [-0.1, -0.05) is 20.3 Å². The van der Waals surface area contributed by atoms with Crippen molar-refractivity contribution in [2.45, 2.75) is 78.4 Å². The fourth-order valence-electron chi connectivity index (χ4n) is 2.62. The molecule has 0 spiro atoms. The van der Waals surface area contributed by atoms with Crippen molar-refractivity contribution >= 4 is 6.09 Å². The minimum Gasteiger partial charge on any atom is -0.444 e. The summed E-state index contributed by atoms with van der Waals surface area (Å²) in [5, 5.41) is 6.33. The first kappa shape index (κ1) is 17.3. The van der Waals surface area contributed by atoms with E-state index < -0.39 is 5.60 Å². The zero-order chi connectivity index (χ0) is 15.2. The number of carbonyl (C=O) groups excluding carboxylic acids is 1. The molecule has 1 amide bonds. The van der Waals surface area contributed by atoms with E-state index in [9.17, 15) is 4.79 Å². The van der Waals surface area contributed by atoms with Crippen LogP contribution >= 0.6 is 0 Å². The monoisotopic (exact) mass is 284 g/mol. The van der Waals surface area contributed by atoms with Crippen molar-refractivity contribution < 1.29 is 9.53 Å². The Balaban J connectivity index is 2.14. The van der Waals surface area contributed by atoms with Gasteiger partial charge in [0.05, 0.1) is 0 Å². The molecule has 1 unspecified atom stereocenters. The Morgan fingerprint density at radius 3 is 2.55 bits per heavy atom. The maximum absolute atomic E-state index is 11.5. The van der Waals surface area contributed by atoms with E-state index in [-0.39, 0.29) is 6.09 Å². The van der Waals surface area contributed by atoms with Crippen LogP contribution in [0.2, 0.25) is 0 Å². The highest BCUT2D eigenvalue weighted by Gasteiger charge is 2.23. The van der Waals surface area contributed by atoms with Crippen molar-refractivity contribution in [3.8, 4) is 0 Å². The predicted molar refractivity (Wildman–Crippen MR) is 82.9 cm³/mol. The zero-order valence-corrected chi connectivity index (χ0v) is 13.8. The molecule has 118 valence electrons. The van der Waals surface area contributed by atoms with E-state index in [4.69, 9.17) is 4.74 Å². The topological polar surface area (TPSA) is 50.4 Å². The molecule has 1 saturated carbocycles. The van der Waals surface area contributed by atoms with Crippen LogP contribution in [0.5, 0.6) is 0 Å². The van der Waals surface area contributed by atoms with Gasteiger partial charge in [-0.05, 0) is 51.9 Å². The van der Waals surface area contributed by atoms with Gasteiger partial charge in [-0.2, -0.15) is 0 Å². The molecule has 0 aromatic carbocycles. The molecule has 0 aliphatic heterocycles. The van der Waals surface area contributed by atoms with E-state index in [2.05, 4.69) is 24.5 Å². The Hall–Kier alpha value is -0.770. The lowest BCUT2D eigenvalue weighted by Crippen LogP contribution is -2.39. The second-order valence-electron chi connectivity index (χ2n) is 7.67. The van der Waals surface area contributed by atoms with Crippen molar-refractivity contribution in [1.29, 1.82) is 0 Å². The van der Waals surface area contributed by atoms with Gasteiger partial charge in [-0.25, -0.2) is 4.79 Å². The number of hydrogen-bond acceptors (Lipinski definition) is 3. The number of rotatable bonds is 4. The van der Waals surface area contributed by atoms with Crippen molar-refractivity contribution in [1.82, 2.24) is 10.6 Å². The molecule has 0 heterocycles. The second-order valence-corrected chi connectivity index (χ2v) is 7.67. The van der Waals surface area contributed by atoms with Gasteiger partial charge >= 0.3 is 6.09 Å². The molecule has 4 nitrogen and oxygen atoms in total. The van der Waals surface area contributed by atoms with Crippen molar-refractivity contribution in [2.75, 3.05) is 13.1 Å². The van der Waals surface area contributed by atoms with E-state index in [1.165, 1.54) is 32.1 Å². The lowest BCUT2D eigenvalue weighted by atomic mass is 9.85. The Morgan fingerprint density at radius 1 is 1.20 bits per heavy atom. The second kappa shape index (κ2) is 7.30. The van der Waals surface area contributed by atoms with Crippen LogP contribution in [-0.2, 0) is 4.74 Å². The average Bonchev–Trinajstić information content (AvgIpc) is 2.44. The minimum absolute atomic E-state index is 0.332. The summed E-state index contributed by atoms with van der Waals surface area (Å²) in [6.45, 7) is 11.8. The first-order valence-electron chi connectivity index (χ1n) is 7.88. The molecule has 2 N–H and O–H groups in total. The van der Waals surface area contributed by atoms with Crippen LogP contribution in [0, 0.1) is 5.41 Å². The third-order valence-electron chi connectivity index (χ3n) is 3.80. The van der Waals surface area contributed by atoms with Gasteiger partial charge < -0.3 is 15.4 Å². The summed E-state index contributed by atoms with van der Waals surface area (Å²) in [5.41, 5.74) is 0.0651. The molecule has 0 aromatic heterocycles. The smallest absolute Gasteiger partial charge is 0.407 e. The molecule has 1 atom stereocenters. The van der Waals surface area contributed by atoms with E-state index in [1.807, 2.05) is 20.8 Å². The van der Waals surface area contributed by atoms with Gasteiger partial charge in [0, 0.05) is 19.1 Å². The number of hydrogen-bond donors (Lipinski definition) is 2. The Labute approximate surface area is 124 Å². The third kappa shape index (κ3) is 7.73. The Kier molecular flexibility index (Phi) is 6.31. The molecule has 0 radical (unpaired) electrons. The third-order valence-corrected chi connectivity index (χ3v) is 3.80. The van der Waals surface area contributed by atoms with E-state index in [0.717, 1.165) is 6.54 Å². The molecular weight excluding hydrogens is 252 g/mol. The maximum Gasteiger partial charge on any atom is 0.407 e. The van der Waals surface area contributed by atoms with E-state index >= 15 is 0 Å². The van der Waals surface area contributed by atoms with Crippen molar-refractivity contribution in [3.63, 3.8) is 0 Å². The predicted octanol–water partition coefficient (Wildman–Crippen LogP) is 3.46. The van der Waals surface area contributed by atoms with Gasteiger partial charge in [0.15, 0.2) is 0 Å². The minimum atomic E-state index is -0.426. The van der Waals surface area contributed by atoms with Crippen molar-refractivity contribution in [3.05, 3.63) is 0 Å². The van der Waals surface area contributed by atoms with Crippen LogP contribution in [0.25, 0.3) is 0 Å². The highest BCUT2D eigenvalue weighted by molar-refractivity contribution is 5.67. The fraction of sp³-hybridized carbons (Fsp3) is 0.938. The van der Waals surface area contributed by atoms with Gasteiger partial charge in [0.1, 0.15) is 5.60 Å². The van der Waals surface area contributed by atoms with Crippen LogP contribution in [0.15, 0.2) is 0 Å². The summed E-state index contributed by atoms with van der Waals surface area (Å²) in [6, 6.07) is 0.595. The average molecular weight is 284 g/mol. The molecular formula is C16H32N2O2. The van der Waals surface area contributed by atoms with Gasteiger partial charge in [0.2, 0.25) is 0 Å². The first-order chi connectivity index (χ1) is 9.18. The molecule has 1 aliphatic rings. The largest absolute Gasteiger partial charge is 0.444 e. The van der Waals surface area contributed by atoms with Gasteiger partial charge in [-0.3, -0.25) is 0 Å². The number of ether oxygens (including phenoxy) is 1. The van der Waals surface area contributed by atoms with E-state index in [0.29, 0.717) is 18.0 Å². The normalized spacial score (nSPS) is 22.9. The molecule has 1 rings (SSSR count). The van der Waals surface area contributed by atoms with Crippen LogP contribution in [-0.4, -0.2) is 30.8 Å². The molecule has 20 heavy (non-hydrogen) atoms. The van der Waals surface area contributed by atoms with Gasteiger partial charge in [-0.15, -0.1) is 0 Å². The molecule has 1 fully saturated rings. The fourth-order valence-corrected chi connectivity index (χ4v) is 2.62. The quantitative estimate of drug-likeness (QED) is 0.614. The number of amides is 1. The molecule has 0 bridgehead atoms. The SMILES string of the molecule is CC1(C)CCCC(NCCNC(=O)OC(C)(C)C)CC1. The molecule has 4 heteroatoms. The molecule has 0 aromatic rings. The van der Waals surface area contributed by atoms with Crippen LogP contribution in [0.3, 0.4) is 0 Å². The molecule has 0 saturated heterocycles. The van der Waals surface area contributed by atoms with Crippen LogP contribution < -0.4 is 10.6 Å². The summed E-state index contributed by atoms with van der Waals surface area (Å²) in [5.74, 6) is 0. The van der Waals surface area contributed by atoms with Crippen molar-refractivity contribution in [2.24, 2.45) is 5.41 Å². The van der Waals surface area contributed by atoms with Gasteiger partial charge in [0.25, 0.3) is 0 Å². The standard InChI is InChI=1S/C16H32N2O2/c1-15(2,3)20-14(19)18-12-11-17-13-7-6-9-16(4,5)10-8-13/h13,17H,6-12H2,1-5H3,(H,18,19). The Bertz CT molecular complexity index is 308. The molecule has 1 aliphatic carbocycles. The van der Waals surface area contributed by atoms with Crippen LogP contribution in [0.4, 0.5) is 4.79 Å². The van der Waals surface area contributed by atoms with E-state index in [1.54, 1.807) is 0 Å². The maximum atomic E-state index is 11.5.